The zero-order valence-electron chi connectivity index (χ0n) is 14.1. The Bertz CT molecular complexity index is 852. The Kier molecular flexibility index (Phi) is 3.40. The van der Waals surface area contributed by atoms with Crippen molar-refractivity contribution in [2.75, 3.05) is 0 Å². The van der Waals surface area contributed by atoms with E-state index in [1.54, 1.807) is 0 Å². The van der Waals surface area contributed by atoms with E-state index in [1.807, 2.05) is 0 Å². The van der Waals surface area contributed by atoms with Crippen molar-refractivity contribution in [3.05, 3.63) is 76.1 Å². The van der Waals surface area contributed by atoms with Crippen LogP contribution in [-0.2, 0) is 12.8 Å². The summed E-state index contributed by atoms with van der Waals surface area (Å²) in [5, 5.41) is 0. The lowest BCUT2D eigenvalue weighted by molar-refractivity contribution is 0.410. The summed E-state index contributed by atoms with van der Waals surface area (Å²) in [4.78, 5) is 4.99. The first-order chi connectivity index (χ1) is 11.9. The van der Waals surface area contributed by atoms with Crippen LogP contribution >= 0.6 is 0 Å². The number of hydrogen-bond donors (Lipinski definition) is 0. The SMILES string of the molecule is C1=Cc2ccc(C3=CCc4nc(C5CCC5)ccc43)cc2CCC1. The molecule has 0 saturated heterocycles. The molecule has 5 rings (SSSR count). The van der Waals surface area contributed by atoms with Crippen LogP contribution < -0.4 is 0 Å². The van der Waals surface area contributed by atoms with Gasteiger partial charge in [-0.05, 0) is 60.4 Å². The van der Waals surface area contributed by atoms with E-state index in [0.29, 0.717) is 0 Å². The summed E-state index contributed by atoms with van der Waals surface area (Å²) in [5.74, 6) is 0.721. The van der Waals surface area contributed by atoms with Crippen molar-refractivity contribution in [1.82, 2.24) is 4.98 Å². The fourth-order valence-electron chi connectivity index (χ4n) is 4.21. The number of benzene rings is 1. The molecule has 0 aliphatic heterocycles. The summed E-state index contributed by atoms with van der Waals surface area (Å²) in [6, 6.07) is 11.6. The molecule has 0 radical (unpaired) electrons. The molecule has 0 unspecified atom stereocenters. The fourth-order valence-corrected chi connectivity index (χ4v) is 4.21. The van der Waals surface area contributed by atoms with Crippen LogP contribution in [0.15, 0.2) is 42.5 Å². The lowest BCUT2D eigenvalue weighted by Crippen LogP contribution is -2.11. The van der Waals surface area contributed by atoms with Gasteiger partial charge in [0.25, 0.3) is 0 Å². The van der Waals surface area contributed by atoms with Crippen molar-refractivity contribution < 1.29 is 0 Å². The third-order valence-electron chi connectivity index (χ3n) is 5.88. The van der Waals surface area contributed by atoms with Gasteiger partial charge < -0.3 is 0 Å². The van der Waals surface area contributed by atoms with Gasteiger partial charge in [-0.1, -0.05) is 48.9 Å². The zero-order chi connectivity index (χ0) is 15.9. The van der Waals surface area contributed by atoms with Crippen LogP contribution in [0.25, 0.3) is 11.6 Å². The third kappa shape index (κ3) is 2.34. The molecular weight excluding hydrogens is 290 g/mol. The fraction of sp³-hybridized carbons (Fsp3) is 0.348. The Morgan fingerprint density at radius 3 is 2.83 bits per heavy atom. The quantitative estimate of drug-likeness (QED) is 0.694. The highest BCUT2D eigenvalue weighted by Crippen LogP contribution is 2.38. The van der Waals surface area contributed by atoms with Gasteiger partial charge in [0.2, 0.25) is 0 Å². The number of allylic oxidation sites excluding steroid dienone is 2. The van der Waals surface area contributed by atoms with Crippen molar-refractivity contribution in [3.63, 3.8) is 0 Å². The molecule has 1 fully saturated rings. The van der Waals surface area contributed by atoms with Gasteiger partial charge in [-0.3, -0.25) is 4.98 Å². The molecule has 1 heterocycles. The van der Waals surface area contributed by atoms with E-state index < -0.39 is 0 Å². The monoisotopic (exact) mass is 313 g/mol. The summed E-state index contributed by atoms with van der Waals surface area (Å²) in [6.45, 7) is 0. The van der Waals surface area contributed by atoms with Crippen LogP contribution in [0.1, 0.15) is 71.7 Å². The van der Waals surface area contributed by atoms with Gasteiger partial charge in [0.15, 0.2) is 0 Å². The van der Waals surface area contributed by atoms with Gasteiger partial charge in [0.05, 0.1) is 5.69 Å². The van der Waals surface area contributed by atoms with Crippen molar-refractivity contribution in [3.8, 4) is 0 Å². The van der Waals surface area contributed by atoms with Gasteiger partial charge in [-0.25, -0.2) is 0 Å². The van der Waals surface area contributed by atoms with Gasteiger partial charge in [-0.15, -0.1) is 0 Å². The van der Waals surface area contributed by atoms with E-state index in [4.69, 9.17) is 4.98 Å². The molecule has 24 heavy (non-hydrogen) atoms. The Balaban J connectivity index is 1.49. The normalized spacial score (nSPS) is 19.2. The van der Waals surface area contributed by atoms with Crippen molar-refractivity contribution in [2.45, 2.75) is 50.9 Å². The van der Waals surface area contributed by atoms with Crippen molar-refractivity contribution >= 4 is 11.6 Å². The van der Waals surface area contributed by atoms with Crippen molar-refractivity contribution in [2.24, 2.45) is 0 Å². The summed E-state index contributed by atoms with van der Waals surface area (Å²) >= 11 is 0. The molecule has 120 valence electrons. The Hall–Kier alpha value is -2.15. The van der Waals surface area contributed by atoms with E-state index in [-0.39, 0.29) is 0 Å². The highest BCUT2D eigenvalue weighted by molar-refractivity contribution is 5.84. The third-order valence-corrected chi connectivity index (χ3v) is 5.88. The number of pyridine rings is 1. The average molecular weight is 313 g/mol. The molecule has 0 N–H and O–H groups in total. The molecule has 0 spiro atoms. The molecule has 1 nitrogen and oxygen atoms in total. The Labute approximate surface area is 144 Å². The summed E-state index contributed by atoms with van der Waals surface area (Å²) in [7, 11) is 0. The van der Waals surface area contributed by atoms with Crippen LogP contribution in [-0.4, -0.2) is 4.98 Å². The molecular formula is C23H23N. The highest BCUT2D eigenvalue weighted by atomic mass is 14.7. The maximum atomic E-state index is 4.99. The lowest BCUT2D eigenvalue weighted by Gasteiger charge is -2.25. The second-order valence-electron chi connectivity index (χ2n) is 7.39. The predicted octanol–water partition coefficient (Wildman–Crippen LogP) is 5.69. The molecule has 1 aromatic carbocycles. The molecule has 1 heteroatoms. The number of fused-ring (bicyclic) bond motifs is 2. The van der Waals surface area contributed by atoms with E-state index >= 15 is 0 Å². The van der Waals surface area contributed by atoms with Gasteiger partial charge >= 0.3 is 0 Å². The molecule has 2 aromatic rings. The zero-order valence-corrected chi connectivity index (χ0v) is 14.1. The highest BCUT2D eigenvalue weighted by Gasteiger charge is 2.24. The summed E-state index contributed by atoms with van der Waals surface area (Å²) in [5.41, 5.74) is 9.59. The summed E-state index contributed by atoms with van der Waals surface area (Å²) in [6.07, 6.45) is 15.6. The van der Waals surface area contributed by atoms with E-state index in [1.165, 1.54) is 77.7 Å². The number of aryl methyl sites for hydroxylation is 1. The molecule has 0 amide bonds. The molecule has 0 atom stereocenters. The molecule has 1 saturated carbocycles. The average Bonchev–Trinajstić information content (AvgIpc) is 2.82. The molecule has 0 bridgehead atoms. The number of hydrogen-bond acceptors (Lipinski definition) is 1. The second-order valence-corrected chi connectivity index (χ2v) is 7.39. The van der Waals surface area contributed by atoms with Crippen LogP contribution in [0.3, 0.4) is 0 Å². The van der Waals surface area contributed by atoms with Gasteiger partial charge in [0.1, 0.15) is 0 Å². The van der Waals surface area contributed by atoms with Crippen molar-refractivity contribution in [1.29, 1.82) is 0 Å². The smallest absolute Gasteiger partial charge is 0.0523 e. The Morgan fingerprint density at radius 1 is 1.00 bits per heavy atom. The molecule has 3 aliphatic carbocycles. The van der Waals surface area contributed by atoms with E-state index in [9.17, 15) is 0 Å². The Morgan fingerprint density at radius 2 is 1.96 bits per heavy atom. The first-order valence-corrected chi connectivity index (χ1v) is 9.39. The number of nitrogens with zero attached hydrogens (tertiary/aromatic N) is 1. The number of rotatable bonds is 2. The first-order valence-electron chi connectivity index (χ1n) is 9.39. The summed E-state index contributed by atoms with van der Waals surface area (Å²) < 4.78 is 0. The van der Waals surface area contributed by atoms with Gasteiger partial charge in [-0.2, -0.15) is 0 Å². The second kappa shape index (κ2) is 5.73. The maximum absolute atomic E-state index is 4.99. The predicted molar refractivity (Wildman–Crippen MR) is 100 cm³/mol. The van der Waals surface area contributed by atoms with E-state index in [0.717, 1.165) is 12.3 Å². The van der Waals surface area contributed by atoms with Crippen LogP contribution in [0.5, 0.6) is 0 Å². The first kappa shape index (κ1) is 14.2. The standard InChI is InChI=1S/C23H23N/c1-2-5-16-9-10-19(15-18(16)6-3-1)20-11-14-23-21(20)12-13-22(24-23)17-7-4-8-17/h2,5,9-13,15,17H,1,3-4,6-8,14H2. The van der Waals surface area contributed by atoms with Gasteiger partial charge in [0, 0.05) is 23.6 Å². The molecule has 3 aliphatic rings. The molecule has 1 aromatic heterocycles. The topological polar surface area (TPSA) is 12.9 Å². The minimum atomic E-state index is 0.721. The maximum Gasteiger partial charge on any atom is 0.0523 e. The van der Waals surface area contributed by atoms with Crippen LogP contribution in [0.2, 0.25) is 0 Å². The van der Waals surface area contributed by atoms with E-state index in [2.05, 4.69) is 48.6 Å². The lowest BCUT2D eigenvalue weighted by atomic mass is 9.82. The van der Waals surface area contributed by atoms with Crippen LogP contribution in [0.4, 0.5) is 0 Å². The minimum Gasteiger partial charge on any atom is -0.257 e. The largest absolute Gasteiger partial charge is 0.257 e. The number of aromatic nitrogens is 1. The minimum absolute atomic E-state index is 0.721. The van der Waals surface area contributed by atoms with Crippen LogP contribution in [0, 0.1) is 0 Å².